The van der Waals surface area contributed by atoms with Gasteiger partial charge in [-0.3, -0.25) is 0 Å². The molecule has 0 aliphatic rings. The van der Waals surface area contributed by atoms with Gasteiger partial charge in [-0.05, 0) is 0 Å². The van der Waals surface area contributed by atoms with Crippen molar-refractivity contribution in [3.05, 3.63) is 48.8 Å². The van der Waals surface area contributed by atoms with Crippen molar-refractivity contribution >= 4 is 9.84 Å². The molecule has 0 atom stereocenters. The average Bonchev–Trinajstić information content (AvgIpc) is 2.30. The highest BCUT2D eigenvalue weighted by atomic mass is 32.2. The SMILES string of the molecule is CS(=O)(=O)c1cnc(C[n+]2ccccc2)nc1. The molecule has 0 bridgehead atoms. The van der Waals surface area contributed by atoms with Crippen molar-refractivity contribution in [1.82, 2.24) is 9.97 Å². The molecule has 2 rings (SSSR count). The largest absolute Gasteiger partial charge is 0.234 e. The average molecular weight is 250 g/mol. The summed E-state index contributed by atoms with van der Waals surface area (Å²) in [5.41, 5.74) is 0. The highest BCUT2D eigenvalue weighted by molar-refractivity contribution is 7.90. The van der Waals surface area contributed by atoms with Crippen LogP contribution >= 0.6 is 0 Å². The monoisotopic (exact) mass is 250 g/mol. The van der Waals surface area contributed by atoms with Gasteiger partial charge in [-0.15, -0.1) is 0 Å². The Morgan fingerprint density at radius 2 is 1.71 bits per heavy atom. The van der Waals surface area contributed by atoms with Crippen LogP contribution in [0, 0.1) is 0 Å². The van der Waals surface area contributed by atoms with Gasteiger partial charge in [-0.1, -0.05) is 6.07 Å². The lowest BCUT2D eigenvalue weighted by atomic mass is 10.4. The Bertz CT molecular complexity index is 594. The van der Waals surface area contributed by atoms with Crippen molar-refractivity contribution in [2.75, 3.05) is 6.26 Å². The molecule has 0 saturated carbocycles. The number of nitrogens with zero attached hydrogens (tertiary/aromatic N) is 3. The Kier molecular flexibility index (Phi) is 3.14. The fourth-order valence-corrected chi connectivity index (χ4v) is 1.81. The second kappa shape index (κ2) is 4.58. The van der Waals surface area contributed by atoms with Gasteiger partial charge in [0.15, 0.2) is 28.1 Å². The zero-order valence-electron chi connectivity index (χ0n) is 9.31. The van der Waals surface area contributed by atoms with Crippen LogP contribution in [-0.4, -0.2) is 24.6 Å². The molecule has 0 unspecified atom stereocenters. The third kappa shape index (κ3) is 3.07. The van der Waals surface area contributed by atoms with E-state index >= 15 is 0 Å². The van der Waals surface area contributed by atoms with Gasteiger partial charge >= 0.3 is 0 Å². The van der Waals surface area contributed by atoms with E-state index in [1.807, 2.05) is 35.2 Å². The minimum absolute atomic E-state index is 0.138. The molecule has 5 nitrogen and oxygen atoms in total. The first kappa shape index (κ1) is 11.7. The lowest BCUT2D eigenvalue weighted by Gasteiger charge is -1.98. The summed E-state index contributed by atoms with van der Waals surface area (Å²) in [4.78, 5) is 8.20. The van der Waals surface area contributed by atoms with Crippen LogP contribution in [0.25, 0.3) is 0 Å². The number of pyridine rings is 1. The van der Waals surface area contributed by atoms with E-state index in [-0.39, 0.29) is 4.90 Å². The zero-order valence-corrected chi connectivity index (χ0v) is 10.1. The van der Waals surface area contributed by atoms with Crippen LogP contribution in [0.2, 0.25) is 0 Å². The molecule has 0 amide bonds. The summed E-state index contributed by atoms with van der Waals surface area (Å²) >= 11 is 0. The Morgan fingerprint density at radius 3 is 2.24 bits per heavy atom. The van der Waals surface area contributed by atoms with E-state index in [0.717, 1.165) is 6.26 Å². The zero-order chi connectivity index (χ0) is 12.3. The molecule has 6 heteroatoms. The van der Waals surface area contributed by atoms with Crippen molar-refractivity contribution in [3.63, 3.8) is 0 Å². The van der Waals surface area contributed by atoms with Crippen LogP contribution < -0.4 is 4.57 Å². The summed E-state index contributed by atoms with van der Waals surface area (Å²) in [6.45, 7) is 0.519. The molecule has 0 fully saturated rings. The van der Waals surface area contributed by atoms with Crippen molar-refractivity contribution in [2.45, 2.75) is 11.4 Å². The van der Waals surface area contributed by atoms with Gasteiger partial charge in [0.1, 0.15) is 4.90 Å². The summed E-state index contributed by atoms with van der Waals surface area (Å²) < 4.78 is 24.3. The second-order valence-corrected chi connectivity index (χ2v) is 5.67. The third-order valence-corrected chi connectivity index (χ3v) is 3.28. The highest BCUT2D eigenvalue weighted by Gasteiger charge is 2.10. The first-order valence-electron chi connectivity index (χ1n) is 5.01. The lowest BCUT2D eigenvalue weighted by Crippen LogP contribution is -2.33. The van der Waals surface area contributed by atoms with E-state index in [9.17, 15) is 8.42 Å². The molecule has 0 spiro atoms. The number of sulfone groups is 1. The molecule has 88 valence electrons. The van der Waals surface area contributed by atoms with Gasteiger partial charge in [0.25, 0.3) is 0 Å². The van der Waals surface area contributed by atoms with Gasteiger partial charge in [-0.2, -0.15) is 4.57 Å². The quantitative estimate of drug-likeness (QED) is 0.731. The Hall–Kier alpha value is -1.82. The predicted octanol–water partition coefficient (Wildman–Crippen LogP) is 0.216. The molecule has 0 radical (unpaired) electrons. The van der Waals surface area contributed by atoms with Crippen LogP contribution in [0.1, 0.15) is 5.82 Å². The van der Waals surface area contributed by atoms with E-state index < -0.39 is 9.84 Å². The second-order valence-electron chi connectivity index (χ2n) is 3.65. The van der Waals surface area contributed by atoms with E-state index in [4.69, 9.17) is 0 Å². The predicted molar refractivity (Wildman–Crippen MR) is 60.9 cm³/mol. The summed E-state index contributed by atoms with van der Waals surface area (Å²) in [6, 6.07) is 5.74. The van der Waals surface area contributed by atoms with Crippen molar-refractivity contribution in [1.29, 1.82) is 0 Å². The third-order valence-electron chi connectivity index (χ3n) is 2.21. The Labute approximate surface area is 99.7 Å². The highest BCUT2D eigenvalue weighted by Crippen LogP contribution is 2.04. The fourth-order valence-electron chi connectivity index (χ4n) is 1.32. The molecular formula is C11H12N3O2S+. The standard InChI is InChI=1S/C11H12N3O2S/c1-17(15,16)10-7-12-11(13-8-10)9-14-5-3-2-4-6-14/h2-8H,9H2,1H3/q+1. The van der Waals surface area contributed by atoms with Gasteiger partial charge < -0.3 is 0 Å². The van der Waals surface area contributed by atoms with E-state index in [1.54, 1.807) is 0 Å². The van der Waals surface area contributed by atoms with Crippen LogP contribution in [0.3, 0.4) is 0 Å². The maximum atomic E-state index is 11.2. The van der Waals surface area contributed by atoms with Crippen molar-refractivity contribution in [3.8, 4) is 0 Å². The summed E-state index contributed by atoms with van der Waals surface area (Å²) in [6.07, 6.45) is 7.60. The van der Waals surface area contributed by atoms with Crippen LogP contribution in [-0.2, 0) is 16.4 Å². The molecule has 0 aromatic carbocycles. The van der Waals surface area contributed by atoms with Crippen LogP contribution in [0.15, 0.2) is 47.9 Å². The molecule has 0 aliphatic heterocycles. The smallest absolute Gasteiger partial charge is 0.207 e. The van der Waals surface area contributed by atoms with Gasteiger partial charge in [0, 0.05) is 30.8 Å². The molecule has 2 aromatic heterocycles. The number of hydrogen-bond acceptors (Lipinski definition) is 4. The Morgan fingerprint density at radius 1 is 1.12 bits per heavy atom. The number of rotatable bonds is 3. The van der Waals surface area contributed by atoms with E-state index in [1.165, 1.54) is 12.4 Å². The molecule has 2 aromatic rings. The van der Waals surface area contributed by atoms with E-state index in [2.05, 4.69) is 9.97 Å². The van der Waals surface area contributed by atoms with Crippen LogP contribution in [0.5, 0.6) is 0 Å². The molecule has 2 heterocycles. The molecule has 0 saturated heterocycles. The number of hydrogen-bond donors (Lipinski definition) is 0. The molecular weight excluding hydrogens is 238 g/mol. The molecule has 17 heavy (non-hydrogen) atoms. The van der Waals surface area contributed by atoms with Gasteiger partial charge in [0.2, 0.25) is 6.54 Å². The minimum atomic E-state index is -3.22. The maximum absolute atomic E-state index is 11.2. The van der Waals surface area contributed by atoms with E-state index in [0.29, 0.717) is 12.4 Å². The molecule has 0 aliphatic carbocycles. The lowest BCUT2D eigenvalue weighted by molar-refractivity contribution is -0.689. The Balaban J connectivity index is 2.20. The maximum Gasteiger partial charge on any atom is 0.207 e. The number of aromatic nitrogens is 3. The topological polar surface area (TPSA) is 63.8 Å². The van der Waals surface area contributed by atoms with Crippen LogP contribution in [0.4, 0.5) is 0 Å². The van der Waals surface area contributed by atoms with Gasteiger partial charge in [-0.25, -0.2) is 18.4 Å². The van der Waals surface area contributed by atoms with Gasteiger partial charge in [0.05, 0.1) is 0 Å². The summed E-state index contributed by atoms with van der Waals surface area (Å²) in [5, 5.41) is 0. The fraction of sp³-hybridized carbons (Fsp3) is 0.182. The first-order chi connectivity index (χ1) is 8.05. The normalized spacial score (nSPS) is 11.4. The minimum Gasteiger partial charge on any atom is -0.234 e. The van der Waals surface area contributed by atoms with Crippen molar-refractivity contribution < 1.29 is 13.0 Å². The van der Waals surface area contributed by atoms with Crippen molar-refractivity contribution in [2.24, 2.45) is 0 Å². The summed E-state index contributed by atoms with van der Waals surface area (Å²) in [5.74, 6) is 0.577. The first-order valence-corrected chi connectivity index (χ1v) is 6.90. The molecule has 0 N–H and O–H groups in total. The summed E-state index contributed by atoms with van der Waals surface area (Å²) in [7, 11) is -3.22.